The van der Waals surface area contributed by atoms with Gasteiger partial charge in [-0.15, -0.1) is 5.43 Å². The van der Waals surface area contributed by atoms with Crippen LogP contribution in [0.5, 0.6) is 0 Å². The Bertz CT molecular complexity index is 648. The molecular weight excluding hydrogens is 260 g/mol. The summed E-state index contributed by atoms with van der Waals surface area (Å²) >= 11 is 5.87. The molecule has 0 atom stereocenters. The van der Waals surface area contributed by atoms with E-state index in [1.54, 1.807) is 12.1 Å². The number of amides is 1. The maximum absolute atomic E-state index is 11.9. The minimum atomic E-state index is -0.254. The van der Waals surface area contributed by atoms with Gasteiger partial charge in [0.05, 0.1) is 11.3 Å². The molecule has 0 aliphatic carbocycles. The summed E-state index contributed by atoms with van der Waals surface area (Å²) in [6.45, 7) is 0. The van der Waals surface area contributed by atoms with Crippen molar-refractivity contribution in [2.75, 3.05) is 0 Å². The fourth-order valence-electron chi connectivity index (χ4n) is 2.02. The Kier molecular flexibility index (Phi) is 2.97. The predicted octanol–water partition coefficient (Wildman–Crippen LogP) is 2.86. The molecule has 3 nitrogen and oxygen atoms in total. The number of nitrogens with zero attached hydrogens (tertiary/aromatic N) is 1. The van der Waals surface area contributed by atoms with Crippen molar-refractivity contribution >= 4 is 28.8 Å². The van der Waals surface area contributed by atoms with Crippen LogP contribution < -0.4 is 10.9 Å². The number of carbonyl (C=O) groups is 1. The average molecular weight is 270 g/mol. The van der Waals surface area contributed by atoms with Gasteiger partial charge in [0.2, 0.25) is 0 Å². The topological polar surface area (TPSA) is 43.2 Å². The van der Waals surface area contributed by atoms with E-state index in [2.05, 4.69) is 10.9 Å². The van der Waals surface area contributed by atoms with E-state index < -0.39 is 0 Å². The zero-order valence-electron chi connectivity index (χ0n) is 9.93. The molecule has 1 aliphatic rings. The molecule has 2 aromatic carbocycles. The molecule has 2 aromatic rings. The molecule has 4 heteroatoms. The summed E-state index contributed by atoms with van der Waals surface area (Å²) < 4.78 is 0. The number of benzene rings is 2. The Hall–Kier alpha value is -2.26. The fourth-order valence-corrected chi connectivity index (χ4v) is 2.15. The minimum absolute atomic E-state index is 0.254. The molecular formula is C15H10ClN2O. The van der Waals surface area contributed by atoms with Crippen LogP contribution in [0.4, 0.5) is 0 Å². The maximum atomic E-state index is 11.9. The van der Waals surface area contributed by atoms with Gasteiger partial charge >= 0.3 is 0 Å². The molecule has 0 spiro atoms. The highest BCUT2D eigenvalue weighted by Gasteiger charge is 2.26. The van der Waals surface area contributed by atoms with Crippen LogP contribution >= 0.6 is 11.6 Å². The first-order valence-electron chi connectivity index (χ1n) is 5.82. The first-order valence-corrected chi connectivity index (χ1v) is 6.20. The summed E-state index contributed by atoms with van der Waals surface area (Å²) in [4.78, 5) is 11.9. The quantitative estimate of drug-likeness (QED) is 0.911. The van der Waals surface area contributed by atoms with Crippen LogP contribution in [0.3, 0.4) is 0 Å². The molecule has 0 saturated carbocycles. The second kappa shape index (κ2) is 4.78. The summed E-state index contributed by atoms with van der Waals surface area (Å²) in [5, 5.41) is 0.659. The average Bonchev–Trinajstić information content (AvgIpc) is 2.82. The highest BCUT2D eigenvalue weighted by Crippen LogP contribution is 2.28. The standard InChI is InChI=1S/C15H10ClN2O/c16-12-8-6-11(7-9-12)14-13(15(19)18-17-14)10-4-2-1-3-5-10/h1-9,17H. The van der Waals surface area contributed by atoms with Crippen LogP contribution in [0.1, 0.15) is 11.1 Å². The minimum Gasteiger partial charge on any atom is -0.273 e. The lowest BCUT2D eigenvalue weighted by atomic mass is 10.0. The Labute approximate surface area is 115 Å². The van der Waals surface area contributed by atoms with Crippen molar-refractivity contribution in [3.63, 3.8) is 0 Å². The molecule has 0 bridgehead atoms. The van der Waals surface area contributed by atoms with E-state index in [1.807, 2.05) is 42.5 Å². The van der Waals surface area contributed by atoms with Gasteiger partial charge in [-0.25, -0.2) is 0 Å². The van der Waals surface area contributed by atoms with Crippen LogP contribution in [0.2, 0.25) is 5.02 Å². The normalized spacial score (nSPS) is 14.3. The SMILES string of the molecule is O=C1[N]NC(c2ccc(Cl)cc2)=C1c1ccccc1. The van der Waals surface area contributed by atoms with Gasteiger partial charge < -0.3 is 0 Å². The van der Waals surface area contributed by atoms with Gasteiger partial charge in [0.15, 0.2) is 0 Å². The third-order valence-corrected chi connectivity index (χ3v) is 3.18. The monoisotopic (exact) mass is 269 g/mol. The lowest BCUT2D eigenvalue weighted by Crippen LogP contribution is -2.19. The molecule has 1 amide bonds. The largest absolute Gasteiger partial charge is 0.296 e. The van der Waals surface area contributed by atoms with Crippen LogP contribution in [0.15, 0.2) is 54.6 Å². The zero-order valence-corrected chi connectivity index (χ0v) is 10.7. The van der Waals surface area contributed by atoms with Crippen molar-refractivity contribution in [2.24, 2.45) is 0 Å². The number of rotatable bonds is 2. The van der Waals surface area contributed by atoms with E-state index in [4.69, 9.17) is 11.6 Å². The first kappa shape index (κ1) is 11.8. The number of nitrogens with one attached hydrogen (secondary N) is 1. The van der Waals surface area contributed by atoms with Crippen molar-refractivity contribution in [3.8, 4) is 0 Å². The smallest absolute Gasteiger partial charge is 0.273 e. The Morgan fingerprint density at radius 2 is 1.58 bits per heavy atom. The van der Waals surface area contributed by atoms with Gasteiger partial charge in [-0.05, 0) is 17.7 Å². The van der Waals surface area contributed by atoms with E-state index in [0.29, 0.717) is 16.3 Å². The van der Waals surface area contributed by atoms with Crippen LogP contribution in [-0.4, -0.2) is 5.91 Å². The predicted molar refractivity (Wildman–Crippen MR) is 75.0 cm³/mol. The third kappa shape index (κ3) is 2.20. The van der Waals surface area contributed by atoms with Crippen molar-refractivity contribution < 1.29 is 4.79 Å². The highest BCUT2D eigenvalue weighted by molar-refractivity contribution is 6.31. The summed E-state index contributed by atoms with van der Waals surface area (Å²) in [5.41, 5.74) is 9.62. The molecule has 19 heavy (non-hydrogen) atoms. The molecule has 0 aromatic heterocycles. The second-order valence-electron chi connectivity index (χ2n) is 4.15. The van der Waals surface area contributed by atoms with Crippen molar-refractivity contribution in [1.29, 1.82) is 0 Å². The van der Waals surface area contributed by atoms with E-state index in [0.717, 1.165) is 11.1 Å². The lowest BCUT2D eigenvalue weighted by molar-refractivity contribution is -0.115. The molecule has 0 saturated heterocycles. The Morgan fingerprint density at radius 1 is 0.895 bits per heavy atom. The molecule has 0 unspecified atom stereocenters. The Balaban J connectivity index is 2.13. The fraction of sp³-hybridized carbons (Fsp3) is 0. The molecule has 1 radical (unpaired) electrons. The van der Waals surface area contributed by atoms with E-state index in [-0.39, 0.29) is 5.91 Å². The first-order chi connectivity index (χ1) is 9.25. The van der Waals surface area contributed by atoms with Crippen molar-refractivity contribution in [2.45, 2.75) is 0 Å². The number of hydrogen-bond donors (Lipinski definition) is 1. The molecule has 1 aliphatic heterocycles. The van der Waals surface area contributed by atoms with Gasteiger partial charge in [0, 0.05) is 10.6 Å². The summed E-state index contributed by atoms with van der Waals surface area (Å²) in [7, 11) is 0. The molecule has 93 valence electrons. The molecule has 1 N–H and O–H groups in total. The van der Waals surface area contributed by atoms with Gasteiger partial charge in [-0.1, -0.05) is 54.1 Å². The summed E-state index contributed by atoms with van der Waals surface area (Å²) in [6.07, 6.45) is 0. The molecule has 3 rings (SSSR count). The summed E-state index contributed by atoms with van der Waals surface area (Å²) in [6, 6.07) is 16.8. The maximum Gasteiger partial charge on any atom is 0.296 e. The zero-order chi connectivity index (χ0) is 13.2. The van der Waals surface area contributed by atoms with E-state index in [1.165, 1.54) is 0 Å². The second-order valence-corrected chi connectivity index (χ2v) is 4.59. The highest BCUT2D eigenvalue weighted by atomic mass is 35.5. The number of carbonyl (C=O) groups excluding carboxylic acids is 1. The van der Waals surface area contributed by atoms with Crippen molar-refractivity contribution in [1.82, 2.24) is 10.9 Å². The summed E-state index contributed by atoms with van der Waals surface area (Å²) in [5.74, 6) is -0.254. The Morgan fingerprint density at radius 3 is 2.26 bits per heavy atom. The van der Waals surface area contributed by atoms with E-state index in [9.17, 15) is 4.79 Å². The van der Waals surface area contributed by atoms with Gasteiger partial charge in [0.1, 0.15) is 0 Å². The third-order valence-electron chi connectivity index (χ3n) is 2.93. The van der Waals surface area contributed by atoms with Crippen LogP contribution in [0, 0.1) is 0 Å². The molecule has 1 heterocycles. The van der Waals surface area contributed by atoms with Gasteiger partial charge in [0.25, 0.3) is 5.91 Å². The van der Waals surface area contributed by atoms with Crippen molar-refractivity contribution in [3.05, 3.63) is 70.7 Å². The van der Waals surface area contributed by atoms with Gasteiger partial charge in [-0.2, -0.15) is 0 Å². The van der Waals surface area contributed by atoms with Crippen LogP contribution in [-0.2, 0) is 4.79 Å². The lowest BCUT2D eigenvalue weighted by Gasteiger charge is -2.05. The molecule has 0 fully saturated rings. The van der Waals surface area contributed by atoms with Crippen LogP contribution in [0.25, 0.3) is 11.3 Å². The van der Waals surface area contributed by atoms with Gasteiger partial charge in [-0.3, -0.25) is 10.2 Å². The number of halogens is 1. The van der Waals surface area contributed by atoms with E-state index >= 15 is 0 Å². The number of hydrogen-bond acceptors (Lipinski definition) is 2.